The van der Waals surface area contributed by atoms with Gasteiger partial charge in [-0.15, -0.1) is 0 Å². The number of ether oxygens (including phenoxy) is 2. The molecule has 1 aliphatic rings. The van der Waals surface area contributed by atoms with Gasteiger partial charge in [0.25, 0.3) is 0 Å². The van der Waals surface area contributed by atoms with Crippen molar-refractivity contribution >= 4 is 11.9 Å². The van der Waals surface area contributed by atoms with Crippen LogP contribution in [-0.2, 0) is 16.1 Å². The van der Waals surface area contributed by atoms with Gasteiger partial charge in [0.2, 0.25) is 5.91 Å². The smallest absolute Gasteiger partial charge is 0.338 e. The Hall–Kier alpha value is -3.33. The van der Waals surface area contributed by atoms with Gasteiger partial charge in [0.15, 0.2) is 0 Å². The summed E-state index contributed by atoms with van der Waals surface area (Å²) in [7, 11) is 0. The Labute approximate surface area is 157 Å². The zero-order valence-electron chi connectivity index (χ0n) is 14.9. The van der Waals surface area contributed by atoms with Gasteiger partial charge in [-0.2, -0.15) is 5.26 Å². The molecule has 0 atom stereocenters. The van der Waals surface area contributed by atoms with Crippen molar-refractivity contribution in [2.24, 2.45) is 0 Å². The van der Waals surface area contributed by atoms with Gasteiger partial charge in [-0.1, -0.05) is 12.1 Å². The first-order chi connectivity index (χ1) is 13.2. The number of likely N-dealkylation sites (tertiary alicyclic amines) is 1. The van der Waals surface area contributed by atoms with Crippen LogP contribution in [0.15, 0.2) is 48.5 Å². The summed E-state index contributed by atoms with van der Waals surface area (Å²) in [6, 6.07) is 15.9. The second-order valence-corrected chi connectivity index (χ2v) is 6.24. The highest BCUT2D eigenvalue weighted by Crippen LogP contribution is 2.16. The average Bonchev–Trinajstić information content (AvgIpc) is 3.10. The van der Waals surface area contributed by atoms with Crippen molar-refractivity contribution < 1.29 is 19.1 Å². The van der Waals surface area contributed by atoms with Crippen molar-refractivity contribution in [3.8, 4) is 11.8 Å². The molecule has 1 amide bonds. The molecule has 1 heterocycles. The molecule has 0 radical (unpaired) electrons. The number of carbonyl (C=O) groups excluding carboxylic acids is 2. The normalized spacial score (nSPS) is 13.3. The quantitative estimate of drug-likeness (QED) is 0.557. The zero-order chi connectivity index (χ0) is 19.1. The lowest BCUT2D eigenvalue weighted by Gasteiger charge is -2.15. The molecule has 1 fully saturated rings. The highest BCUT2D eigenvalue weighted by atomic mass is 16.6. The molecular weight excluding hydrogens is 344 g/mol. The van der Waals surface area contributed by atoms with Crippen molar-refractivity contribution in [3.05, 3.63) is 65.2 Å². The summed E-state index contributed by atoms with van der Waals surface area (Å²) in [5.41, 5.74) is 1.93. The number of benzene rings is 2. The molecule has 0 bridgehead atoms. The molecule has 2 aromatic carbocycles. The fraction of sp³-hybridized carbons (Fsp3) is 0.286. The Balaban J connectivity index is 1.47. The monoisotopic (exact) mass is 364 g/mol. The van der Waals surface area contributed by atoms with Crippen LogP contribution in [0.25, 0.3) is 0 Å². The third kappa shape index (κ3) is 5.08. The van der Waals surface area contributed by atoms with Gasteiger partial charge in [0.05, 0.1) is 17.2 Å². The van der Waals surface area contributed by atoms with Crippen LogP contribution in [0.5, 0.6) is 5.75 Å². The van der Waals surface area contributed by atoms with Crippen LogP contribution in [0.1, 0.15) is 34.3 Å². The van der Waals surface area contributed by atoms with E-state index in [2.05, 4.69) is 0 Å². The van der Waals surface area contributed by atoms with Crippen molar-refractivity contribution in [2.75, 3.05) is 19.8 Å². The molecule has 0 N–H and O–H groups in total. The van der Waals surface area contributed by atoms with E-state index in [9.17, 15) is 9.59 Å². The minimum absolute atomic E-state index is 0.119. The van der Waals surface area contributed by atoms with E-state index < -0.39 is 5.97 Å². The first-order valence-electron chi connectivity index (χ1n) is 8.82. The van der Waals surface area contributed by atoms with Gasteiger partial charge >= 0.3 is 5.97 Å². The standard InChI is InChI=1S/C21H20N2O4/c22-14-16-6-8-19(9-7-16)26-11-12-27-21(25)18-4-1-3-17(13-18)15-23-10-2-5-20(23)24/h1,3-4,6-9,13H,2,5,10-12,15H2. The molecule has 6 heteroatoms. The molecule has 0 saturated carbocycles. The molecule has 27 heavy (non-hydrogen) atoms. The van der Waals surface area contributed by atoms with Gasteiger partial charge in [0.1, 0.15) is 19.0 Å². The van der Waals surface area contributed by atoms with Crippen LogP contribution in [-0.4, -0.2) is 36.5 Å². The molecule has 0 unspecified atom stereocenters. The number of amides is 1. The lowest BCUT2D eigenvalue weighted by Crippen LogP contribution is -2.24. The first kappa shape index (κ1) is 18.5. The van der Waals surface area contributed by atoms with E-state index in [0.717, 1.165) is 18.5 Å². The predicted molar refractivity (Wildman–Crippen MR) is 98.0 cm³/mol. The number of rotatable bonds is 7. The molecule has 138 valence electrons. The first-order valence-corrected chi connectivity index (χ1v) is 8.82. The second-order valence-electron chi connectivity index (χ2n) is 6.24. The average molecular weight is 364 g/mol. The Morgan fingerprint density at radius 1 is 1.15 bits per heavy atom. The van der Waals surface area contributed by atoms with Crippen molar-refractivity contribution in [1.29, 1.82) is 5.26 Å². The number of nitriles is 1. The van der Waals surface area contributed by atoms with Crippen LogP contribution in [0.3, 0.4) is 0 Å². The molecule has 2 aromatic rings. The van der Waals surface area contributed by atoms with Crippen LogP contribution < -0.4 is 4.74 Å². The number of esters is 1. The summed E-state index contributed by atoms with van der Waals surface area (Å²) in [4.78, 5) is 25.7. The number of nitrogens with zero attached hydrogens (tertiary/aromatic N) is 2. The number of hydrogen-bond acceptors (Lipinski definition) is 5. The SMILES string of the molecule is N#Cc1ccc(OCCOC(=O)c2cccc(CN3CCCC3=O)c2)cc1. The maximum absolute atomic E-state index is 12.2. The minimum atomic E-state index is -0.423. The summed E-state index contributed by atoms with van der Waals surface area (Å²) >= 11 is 0. The maximum Gasteiger partial charge on any atom is 0.338 e. The van der Waals surface area contributed by atoms with Crippen molar-refractivity contribution in [2.45, 2.75) is 19.4 Å². The van der Waals surface area contributed by atoms with Crippen molar-refractivity contribution in [1.82, 2.24) is 4.90 Å². The summed E-state index contributed by atoms with van der Waals surface area (Å²) in [5, 5.41) is 8.76. The third-order valence-corrected chi connectivity index (χ3v) is 4.28. The van der Waals surface area contributed by atoms with Gasteiger partial charge < -0.3 is 14.4 Å². The Kier molecular flexibility index (Phi) is 6.06. The fourth-order valence-corrected chi connectivity index (χ4v) is 2.89. The predicted octanol–water partition coefficient (Wildman–Crippen LogP) is 2.92. The minimum Gasteiger partial charge on any atom is -0.490 e. The van der Waals surface area contributed by atoms with Crippen LogP contribution in [0, 0.1) is 11.3 Å². The van der Waals surface area contributed by atoms with Crippen LogP contribution in [0.4, 0.5) is 0 Å². The van der Waals surface area contributed by atoms with Gasteiger partial charge in [-0.25, -0.2) is 4.79 Å². The molecule has 1 aliphatic heterocycles. The lowest BCUT2D eigenvalue weighted by molar-refractivity contribution is -0.128. The van der Waals surface area contributed by atoms with E-state index in [0.29, 0.717) is 29.8 Å². The van der Waals surface area contributed by atoms with E-state index in [1.54, 1.807) is 47.4 Å². The fourth-order valence-electron chi connectivity index (χ4n) is 2.89. The zero-order valence-corrected chi connectivity index (χ0v) is 14.9. The van der Waals surface area contributed by atoms with E-state index in [-0.39, 0.29) is 19.1 Å². The highest BCUT2D eigenvalue weighted by molar-refractivity contribution is 5.89. The van der Waals surface area contributed by atoms with E-state index >= 15 is 0 Å². The molecule has 6 nitrogen and oxygen atoms in total. The van der Waals surface area contributed by atoms with E-state index in [1.165, 1.54) is 0 Å². The summed E-state index contributed by atoms with van der Waals surface area (Å²) in [5.74, 6) is 0.346. The highest BCUT2D eigenvalue weighted by Gasteiger charge is 2.20. The Morgan fingerprint density at radius 2 is 1.96 bits per heavy atom. The Bertz CT molecular complexity index is 855. The molecule has 0 aromatic heterocycles. The van der Waals surface area contributed by atoms with E-state index in [4.69, 9.17) is 14.7 Å². The molecule has 3 rings (SSSR count). The van der Waals surface area contributed by atoms with Crippen molar-refractivity contribution in [3.63, 3.8) is 0 Å². The third-order valence-electron chi connectivity index (χ3n) is 4.28. The van der Waals surface area contributed by atoms with Gasteiger partial charge in [-0.3, -0.25) is 4.79 Å². The maximum atomic E-state index is 12.2. The van der Waals surface area contributed by atoms with E-state index in [1.807, 2.05) is 12.1 Å². The topological polar surface area (TPSA) is 79.6 Å². The van der Waals surface area contributed by atoms with Crippen LogP contribution in [0.2, 0.25) is 0 Å². The molecule has 1 saturated heterocycles. The summed E-state index contributed by atoms with van der Waals surface area (Å²) < 4.78 is 10.7. The van der Waals surface area contributed by atoms with Gasteiger partial charge in [0, 0.05) is 19.5 Å². The van der Waals surface area contributed by atoms with Crippen LogP contribution >= 0.6 is 0 Å². The summed E-state index contributed by atoms with van der Waals surface area (Å²) in [6.45, 7) is 1.62. The molecule has 0 spiro atoms. The second kappa shape index (κ2) is 8.86. The molecule has 0 aliphatic carbocycles. The number of hydrogen-bond donors (Lipinski definition) is 0. The lowest BCUT2D eigenvalue weighted by atomic mass is 10.1. The molecular formula is C21H20N2O4. The van der Waals surface area contributed by atoms with Gasteiger partial charge in [-0.05, 0) is 48.4 Å². The largest absolute Gasteiger partial charge is 0.490 e. The number of carbonyl (C=O) groups is 2. The Morgan fingerprint density at radius 3 is 2.67 bits per heavy atom. The summed E-state index contributed by atoms with van der Waals surface area (Å²) in [6.07, 6.45) is 1.49.